The molecule has 0 saturated carbocycles. The summed E-state index contributed by atoms with van der Waals surface area (Å²) < 4.78 is 5.42. The van der Waals surface area contributed by atoms with E-state index in [-0.39, 0.29) is 17.8 Å². The Kier molecular flexibility index (Phi) is 9.13. The number of fused-ring (bicyclic) bond motifs is 1. The van der Waals surface area contributed by atoms with Crippen molar-refractivity contribution in [3.05, 3.63) is 101 Å². The summed E-state index contributed by atoms with van der Waals surface area (Å²) in [5, 5.41) is 6.56. The largest absolute Gasteiger partial charge is 0.465 e. The van der Waals surface area contributed by atoms with Gasteiger partial charge in [-0.3, -0.25) is 14.9 Å². The highest BCUT2D eigenvalue weighted by Gasteiger charge is 2.36. The zero-order chi connectivity index (χ0) is 26.2. The number of esters is 1. The van der Waals surface area contributed by atoms with Gasteiger partial charge in [0.1, 0.15) is 6.04 Å². The third kappa shape index (κ3) is 7.07. The standard InChI is InChI=1S/C32H38N2O3/c1-4-37-32(36)29(19-16-23-10-6-5-7-11-23)33-30-27(20-24-14-17-25(18-15-24)22(2)3)21-26-12-8-9-13-28(26)34-31(30)35/h5-15,17-18,22,27,29-30,33H,4,16,19-21H2,1-3H3,(H,34,35)/t27?,29-,30+/m1/s1. The van der Waals surface area contributed by atoms with Crippen LogP contribution < -0.4 is 10.6 Å². The average molecular weight is 499 g/mol. The summed E-state index contributed by atoms with van der Waals surface area (Å²) in [5.74, 6) is 0.0203. The highest BCUT2D eigenvalue weighted by molar-refractivity contribution is 5.97. The maximum absolute atomic E-state index is 13.6. The number of carbonyl (C=O) groups is 2. The van der Waals surface area contributed by atoms with E-state index < -0.39 is 12.1 Å². The summed E-state index contributed by atoms with van der Waals surface area (Å²) in [7, 11) is 0. The van der Waals surface area contributed by atoms with E-state index in [9.17, 15) is 9.59 Å². The lowest BCUT2D eigenvalue weighted by atomic mass is 9.86. The molecule has 3 aromatic rings. The summed E-state index contributed by atoms with van der Waals surface area (Å²) >= 11 is 0. The first-order valence-electron chi connectivity index (χ1n) is 13.4. The maximum atomic E-state index is 13.6. The Morgan fingerprint density at radius 1 is 0.973 bits per heavy atom. The molecule has 0 bridgehead atoms. The molecule has 2 N–H and O–H groups in total. The van der Waals surface area contributed by atoms with Gasteiger partial charge >= 0.3 is 5.97 Å². The Hall–Kier alpha value is -3.44. The molecule has 1 heterocycles. The Bertz CT molecular complexity index is 1170. The zero-order valence-corrected chi connectivity index (χ0v) is 22.1. The number of hydrogen-bond donors (Lipinski definition) is 2. The first-order chi connectivity index (χ1) is 17.9. The number of anilines is 1. The first kappa shape index (κ1) is 26.6. The van der Waals surface area contributed by atoms with Gasteiger partial charge in [0.05, 0.1) is 12.6 Å². The highest BCUT2D eigenvalue weighted by Crippen LogP contribution is 2.29. The monoisotopic (exact) mass is 498 g/mol. The van der Waals surface area contributed by atoms with Gasteiger partial charge in [-0.15, -0.1) is 0 Å². The molecule has 0 spiro atoms. The second-order valence-electron chi connectivity index (χ2n) is 10.2. The molecule has 37 heavy (non-hydrogen) atoms. The van der Waals surface area contributed by atoms with Crippen LogP contribution in [0.2, 0.25) is 0 Å². The van der Waals surface area contributed by atoms with Gasteiger partial charge in [0.15, 0.2) is 0 Å². The smallest absolute Gasteiger partial charge is 0.323 e. The van der Waals surface area contributed by atoms with Crippen LogP contribution in [0.3, 0.4) is 0 Å². The fraction of sp³-hybridized carbons (Fsp3) is 0.375. The predicted octanol–water partition coefficient (Wildman–Crippen LogP) is 5.69. The van der Waals surface area contributed by atoms with Gasteiger partial charge in [-0.1, -0.05) is 86.6 Å². The third-order valence-corrected chi connectivity index (χ3v) is 7.17. The topological polar surface area (TPSA) is 67.4 Å². The van der Waals surface area contributed by atoms with Crippen molar-refractivity contribution in [2.24, 2.45) is 5.92 Å². The minimum absolute atomic E-state index is 0.0257. The van der Waals surface area contributed by atoms with Crippen LogP contribution in [0, 0.1) is 5.92 Å². The summed E-state index contributed by atoms with van der Waals surface area (Å²) in [6.45, 7) is 6.49. The molecule has 0 aromatic heterocycles. The molecule has 5 heteroatoms. The van der Waals surface area contributed by atoms with E-state index >= 15 is 0 Å². The average Bonchev–Trinajstić information content (AvgIpc) is 3.03. The summed E-state index contributed by atoms with van der Waals surface area (Å²) in [6, 6.07) is 25.6. The van der Waals surface area contributed by atoms with Crippen molar-refractivity contribution in [2.45, 2.75) is 64.5 Å². The first-order valence-corrected chi connectivity index (χ1v) is 13.4. The molecule has 1 aliphatic rings. The molecule has 1 amide bonds. The zero-order valence-electron chi connectivity index (χ0n) is 22.1. The third-order valence-electron chi connectivity index (χ3n) is 7.17. The van der Waals surface area contributed by atoms with Crippen molar-refractivity contribution in [1.82, 2.24) is 5.32 Å². The van der Waals surface area contributed by atoms with Crippen LogP contribution in [-0.2, 0) is 33.6 Å². The van der Waals surface area contributed by atoms with Gasteiger partial charge in [-0.2, -0.15) is 0 Å². The van der Waals surface area contributed by atoms with Gasteiger partial charge in [-0.05, 0) is 72.8 Å². The number of nitrogens with one attached hydrogen (secondary N) is 2. The summed E-state index contributed by atoms with van der Waals surface area (Å²) in [6.07, 6.45) is 2.72. The molecule has 0 saturated heterocycles. The van der Waals surface area contributed by atoms with E-state index in [2.05, 4.69) is 66.9 Å². The second-order valence-corrected chi connectivity index (χ2v) is 10.2. The van der Waals surface area contributed by atoms with E-state index in [4.69, 9.17) is 4.74 Å². The van der Waals surface area contributed by atoms with Crippen molar-refractivity contribution in [2.75, 3.05) is 11.9 Å². The van der Waals surface area contributed by atoms with Crippen molar-refractivity contribution in [3.63, 3.8) is 0 Å². The van der Waals surface area contributed by atoms with Gasteiger partial charge < -0.3 is 10.1 Å². The van der Waals surface area contributed by atoms with Crippen molar-refractivity contribution < 1.29 is 14.3 Å². The number of ether oxygens (including phenoxy) is 1. The molecule has 1 aliphatic heterocycles. The van der Waals surface area contributed by atoms with Gasteiger partial charge in [0.25, 0.3) is 0 Å². The molecule has 0 fully saturated rings. The molecule has 4 rings (SSSR count). The lowest BCUT2D eigenvalue weighted by molar-refractivity contribution is -0.146. The van der Waals surface area contributed by atoms with Crippen LogP contribution in [0.4, 0.5) is 5.69 Å². The number of rotatable bonds is 10. The lowest BCUT2D eigenvalue weighted by Crippen LogP contribution is -2.53. The van der Waals surface area contributed by atoms with Crippen molar-refractivity contribution in [1.29, 1.82) is 0 Å². The van der Waals surface area contributed by atoms with Gasteiger partial charge in [-0.25, -0.2) is 0 Å². The predicted molar refractivity (Wildman–Crippen MR) is 149 cm³/mol. The SMILES string of the molecule is CCOC(=O)[C@@H](CCc1ccccc1)N[C@@H]1C(=O)Nc2ccccc2CC1Cc1ccc(C(C)C)cc1. The normalized spacial score (nSPS) is 18.0. The van der Waals surface area contributed by atoms with E-state index in [1.54, 1.807) is 0 Å². The van der Waals surface area contributed by atoms with E-state index in [1.807, 2.05) is 43.3 Å². The molecule has 5 nitrogen and oxygen atoms in total. The summed E-state index contributed by atoms with van der Waals surface area (Å²) in [4.78, 5) is 26.6. The van der Waals surface area contributed by atoms with E-state index in [0.29, 0.717) is 25.4 Å². The van der Waals surface area contributed by atoms with Gasteiger partial charge in [0.2, 0.25) is 5.91 Å². The number of carbonyl (C=O) groups excluding carboxylic acids is 2. The van der Waals surface area contributed by atoms with Gasteiger partial charge in [0, 0.05) is 5.69 Å². The molecule has 3 aromatic carbocycles. The fourth-order valence-electron chi connectivity index (χ4n) is 5.07. The summed E-state index contributed by atoms with van der Waals surface area (Å²) in [5.41, 5.74) is 5.59. The number of aryl methyl sites for hydroxylation is 1. The van der Waals surface area contributed by atoms with E-state index in [1.165, 1.54) is 11.1 Å². The fourth-order valence-corrected chi connectivity index (χ4v) is 5.07. The van der Waals surface area contributed by atoms with Crippen LogP contribution in [0.15, 0.2) is 78.9 Å². The number of para-hydroxylation sites is 1. The molecular weight excluding hydrogens is 460 g/mol. The second kappa shape index (κ2) is 12.7. The van der Waals surface area contributed by atoms with Crippen LogP contribution in [-0.4, -0.2) is 30.6 Å². The highest BCUT2D eigenvalue weighted by atomic mass is 16.5. The molecule has 3 atom stereocenters. The maximum Gasteiger partial charge on any atom is 0.323 e. The number of benzene rings is 3. The number of amides is 1. The lowest BCUT2D eigenvalue weighted by Gasteiger charge is -2.29. The van der Waals surface area contributed by atoms with Crippen LogP contribution in [0.5, 0.6) is 0 Å². The van der Waals surface area contributed by atoms with Crippen molar-refractivity contribution in [3.8, 4) is 0 Å². The minimum atomic E-state index is -0.581. The van der Waals surface area contributed by atoms with Crippen LogP contribution >= 0.6 is 0 Å². The minimum Gasteiger partial charge on any atom is -0.465 e. The van der Waals surface area contributed by atoms with Crippen LogP contribution in [0.25, 0.3) is 0 Å². The molecule has 1 unspecified atom stereocenters. The Morgan fingerprint density at radius 3 is 2.38 bits per heavy atom. The van der Waals surface area contributed by atoms with Crippen LogP contribution in [0.1, 0.15) is 55.4 Å². The Morgan fingerprint density at radius 2 is 1.68 bits per heavy atom. The van der Waals surface area contributed by atoms with Crippen molar-refractivity contribution >= 4 is 17.6 Å². The quantitative estimate of drug-likeness (QED) is 0.353. The molecule has 0 radical (unpaired) electrons. The molecule has 0 aliphatic carbocycles. The Balaban J connectivity index is 1.60. The molecular formula is C32H38N2O3. The number of hydrogen-bond acceptors (Lipinski definition) is 4. The Labute approximate surface area is 220 Å². The molecule has 194 valence electrons. The van der Waals surface area contributed by atoms with E-state index in [0.717, 1.165) is 29.7 Å².